The lowest BCUT2D eigenvalue weighted by Gasteiger charge is -2.23. The number of ether oxygens (including phenoxy) is 1. The van der Waals surface area contributed by atoms with E-state index in [0.717, 1.165) is 0 Å². The van der Waals surface area contributed by atoms with Gasteiger partial charge in [0.25, 0.3) is 0 Å². The molecule has 1 unspecified atom stereocenters. The fraction of sp³-hybridized carbons (Fsp3) is 0.333. The number of aliphatic hydroxyl groups is 1. The molecule has 3 N–H and O–H groups in total. The normalized spacial score (nSPS) is 20.5. The highest BCUT2D eigenvalue weighted by molar-refractivity contribution is 7.89. The third-order valence-corrected chi connectivity index (χ3v) is 3.25. The van der Waals surface area contributed by atoms with Gasteiger partial charge in [0.2, 0.25) is 10.0 Å². The summed E-state index contributed by atoms with van der Waals surface area (Å²) in [6, 6.07) is 4.54. The minimum absolute atomic E-state index is 0.0706. The molecule has 0 fully saturated rings. The van der Waals surface area contributed by atoms with Crippen LogP contribution in [0.15, 0.2) is 23.1 Å². The molecule has 1 aliphatic rings. The first-order valence-corrected chi connectivity index (χ1v) is 6.01. The quantitative estimate of drug-likeness (QED) is 0.717. The molecule has 5 nitrogen and oxygen atoms in total. The van der Waals surface area contributed by atoms with E-state index in [9.17, 15) is 13.5 Å². The van der Waals surface area contributed by atoms with E-state index in [4.69, 9.17) is 9.88 Å². The number of aliphatic hydroxyl groups excluding tert-OH is 1. The second kappa shape index (κ2) is 3.48. The van der Waals surface area contributed by atoms with Crippen LogP contribution in [0.1, 0.15) is 18.1 Å². The van der Waals surface area contributed by atoms with Gasteiger partial charge in [-0.1, -0.05) is 12.1 Å². The molecule has 6 heteroatoms. The van der Waals surface area contributed by atoms with Crippen LogP contribution in [0.2, 0.25) is 0 Å². The van der Waals surface area contributed by atoms with Gasteiger partial charge in [0.1, 0.15) is 10.6 Å². The van der Waals surface area contributed by atoms with Crippen LogP contribution in [-0.2, 0) is 10.0 Å². The van der Waals surface area contributed by atoms with Gasteiger partial charge in [0.05, 0.1) is 12.7 Å². The van der Waals surface area contributed by atoms with E-state index in [1.54, 1.807) is 6.07 Å². The number of para-hydroxylation sites is 1. The molecule has 0 spiro atoms. The van der Waals surface area contributed by atoms with E-state index in [2.05, 4.69) is 0 Å². The molecule has 0 saturated heterocycles. The Morgan fingerprint density at radius 1 is 1.47 bits per heavy atom. The number of nitrogens with two attached hydrogens (primary N) is 1. The van der Waals surface area contributed by atoms with Gasteiger partial charge in [-0.05, 0) is 6.07 Å². The molecule has 15 heavy (non-hydrogen) atoms. The van der Waals surface area contributed by atoms with Crippen LogP contribution in [0.25, 0.3) is 0 Å². The van der Waals surface area contributed by atoms with E-state index in [0.29, 0.717) is 18.6 Å². The molecule has 1 aliphatic heterocycles. The molecule has 0 radical (unpaired) electrons. The molecule has 82 valence electrons. The average Bonchev–Trinajstić information content (AvgIpc) is 2.16. The van der Waals surface area contributed by atoms with Crippen molar-refractivity contribution in [2.75, 3.05) is 6.61 Å². The first kappa shape index (κ1) is 10.4. The highest BCUT2D eigenvalue weighted by Gasteiger charge is 2.25. The minimum Gasteiger partial charge on any atom is -0.492 e. The summed E-state index contributed by atoms with van der Waals surface area (Å²) in [6.45, 7) is 0.292. The van der Waals surface area contributed by atoms with Crippen LogP contribution < -0.4 is 9.88 Å². The zero-order valence-electron chi connectivity index (χ0n) is 7.88. The molecule has 1 aromatic carbocycles. The SMILES string of the molecule is NS(=O)(=O)c1cccc2c1OCCC2O. The molecule has 1 atom stereocenters. The molecule has 2 rings (SSSR count). The summed E-state index contributed by atoms with van der Waals surface area (Å²) < 4.78 is 27.7. The minimum atomic E-state index is -3.80. The number of fused-ring (bicyclic) bond motifs is 1. The van der Waals surface area contributed by atoms with Crippen LogP contribution >= 0.6 is 0 Å². The second-order valence-corrected chi connectivity index (χ2v) is 4.90. The number of hydrogen-bond acceptors (Lipinski definition) is 4. The molecular weight excluding hydrogens is 218 g/mol. The molecule has 0 saturated carbocycles. The molecule has 1 heterocycles. The van der Waals surface area contributed by atoms with E-state index >= 15 is 0 Å². The van der Waals surface area contributed by atoms with Crippen LogP contribution in [-0.4, -0.2) is 20.1 Å². The summed E-state index contributed by atoms with van der Waals surface area (Å²) in [6.07, 6.45) is -0.225. The lowest BCUT2D eigenvalue weighted by molar-refractivity contribution is 0.113. The van der Waals surface area contributed by atoms with E-state index < -0.39 is 16.1 Å². The fourth-order valence-electron chi connectivity index (χ4n) is 1.60. The zero-order chi connectivity index (χ0) is 11.1. The Labute approximate surface area is 87.5 Å². The van der Waals surface area contributed by atoms with Gasteiger partial charge in [-0.25, -0.2) is 13.6 Å². The van der Waals surface area contributed by atoms with E-state index in [1.807, 2.05) is 0 Å². The number of primary sulfonamides is 1. The van der Waals surface area contributed by atoms with Crippen LogP contribution in [0.5, 0.6) is 5.75 Å². The lowest BCUT2D eigenvalue weighted by atomic mass is 10.0. The van der Waals surface area contributed by atoms with Crippen molar-refractivity contribution in [1.29, 1.82) is 0 Å². The largest absolute Gasteiger partial charge is 0.492 e. The maximum atomic E-state index is 11.2. The summed E-state index contributed by atoms with van der Waals surface area (Å²) >= 11 is 0. The van der Waals surface area contributed by atoms with E-state index in [1.165, 1.54) is 12.1 Å². The zero-order valence-corrected chi connectivity index (χ0v) is 8.70. The summed E-state index contributed by atoms with van der Waals surface area (Å²) in [4.78, 5) is -0.0706. The average molecular weight is 229 g/mol. The molecule has 0 amide bonds. The van der Waals surface area contributed by atoms with Crippen LogP contribution in [0.4, 0.5) is 0 Å². The summed E-state index contributed by atoms with van der Waals surface area (Å²) in [5.74, 6) is 0.179. The Morgan fingerprint density at radius 2 is 2.20 bits per heavy atom. The fourth-order valence-corrected chi connectivity index (χ4v) is 2.31. The standard InChI is InChI=1S/C9H11NO4S/c10-15(12,13)8-3-1-2-6-7(11)4-5-14-9(6)8/h1-3,7,11H,4-5H2,(H2,10,12,13). The second-order valence-electron chi connectivity index (χ2n) is 3.37. The maximum Gasteiger partial charge on any atom is 0.241 e. The highest BCUT2D eigenvalue weighted by atomic mass is 32.2. The van der Waals surface area contributed by atoms with Gasteiger partial charge >= 0.3 is 0 Å². The predicted octanol–water partition coefficient (Wildman–Crippen LogP) is 0.150. The van der Waals surface area contributed by atoms with Crippen molar-refractivity contribution in [1.82, 2.24) is 0 Å². The maximum absolute atomic E-state index is 11.2. The topological polar surface area (TPSA) is 89.6 Å². The van der Waals surface area contributed by atoms with Crippen molar-refractivity contribution in [2.45, 2.75) is 17.4 Å². The van der Waals surface area contributed by atoms with Crippen molar-refractivity contribution in [3.8, 4) is 5.75 Å². The highest BCUT2D eigenvalue weighted by Crippen LogP contribution is 2.36. The predicted molar refractivity (Wildman–Crippen MR) is 52.9 cm³/mol. The van der Waals surface area contributed by atoms with Crippen molar-refractivity contribution in [3.63, 3.8) is 0 Å². The number of hydrogen-bond donors (Lipinski definition) is 2. The first-order valence-electron chi connectivity index (χ1n) is 4.47. The van der Waals surface area contributed by atoms with Gasteiger partial charge < -0.3 is 9.84 Å². The van der Waals surface area contributed by atoms with Crippen molar-refractivity contribution >= 4 is 10.0 Å². The van der Waals surface area contributed by atoms with Crippen molar-refractivity contribution < 1.29 is 18.3 Å². The smallest absolute Gasteiger partial charge is 0.241 e. The Kier molecular flexibility index (Phi) is 2.41. The number of rotatable bonds is 1. The lowest BCUT2D eigenvalue weighted by Crippen LogP contribution is -2.19. The molecule has 1 aromatic rings. The summed E-state index contributed by atoms with van der Waals surface area (Å²) in [7, 11) is -3.80. The third kappa shape index (κ3) is 1.83. The molecule has 0 aromatic heterocycles. The van der Waals surface area contributed by atoms with Crippen molar-refractivity contribution in [2.24, 2.45) is 5.14 Å². The van der Waals surface area contributed by atoms with Gasteiger partial charge in [-0.2, -0.15) is 0 Å². The molecular formula is C9H11NO4S. The Bertz CT molecular complexity index is 483. The van der Waals surface area contributed by atoms with Gasteiger partial charge in [0.15, 0.2) is 0 Å². The van der Waals surface area contributed by atoms with Gasteiger partial charge in [-0.3, -0.25) is 0 Å². The van der Waals surface area contributed by atoms with E-state index in [-0.39, 0.29) is 10.6 Å². The molecule has 0 aliphatic carbocycles. The van der Waals surface area contributed by atoms with Crippen molar-refractivity contribution in [3.05, 3.63) is 23.8 Å². The summed E-state index contributed by atoms with van der Waals surface area (Å²) in [5, 5.41) is 14.7. The van der Waals surface area contributed by atoms with Crippen LogP contribution in [0, 0.1) is 0 Å². The van der Waals surface area contributed by atoms with Gasteiger partial charge in [0, 0.05) is 12.0 Å². The first-order chi connectivity index (χ1) is 7.00. The number of benzene rings is 1. The Hall–Kier alpha value is -1.11. The van der Waals surface area contributed by atoms with Crippen LogP contribution in [0.3, 0.4) is 0 Å². The Balaban J connectivity index is 2.65. The number of sulfonamides is 1. The molecule has 0 bridgehead atoms. The van der Waals surface area contributed by atoms with Gasteiger partial charge in [-0.15, -0.1) is 0 Å². The monoisotopic (exact) mass is 229 g/mol. The summed E-state index contributed by atoms with van der Waals surface area (Å²) in [5.41, 5.74) is 0.479. The third-order valence-electron chi connectivity index (χ3n) is 2.31. The Morgan fingerprint density at radius 3 is 2.87 bits per heavy atom.